The van der Waals surface area contributed by atoms with Crippen LogP contribution in [0.2, 0.25) is 0 Å². The first-order valence-electron chi connectivity index (χ1n) is 6.76. The molecule has 0 atom stereocenters. The number of rotatable bonds is 5. The van der Waals surface area contributed by atoms with E-state index in [1.807, 2.05) is 6.92 Å². The van der Waals surface area contributed by atoms with Crippen LogP contribution in [-0.4, -0.2) is 6.61 Å². The Kier molecular flexibility index (Phi) is 4.62. The Morgan fingerprint density at radius 3 is 2.52 bits per heavy atom. The molecule has 0 bridgehead atoms. The van der Waals surface area contributed by atoms with E-state index in [0.717, 1.165) is 12.0 Å². The molecule has 2 rings (SSSR count). The highest BCUT2D eigenvalue weighted by molar-refractivity contribution is 5.74. The van der Waals surface area contributed by atoms with Crippen LogP contribution >= 0.6 is 0 Å². The number of nitrogen functional groups attached to an aromatic ring is 1. The van der Waals surface area contributed by atoms with Gasteiger partial charge in [-0.3, -0.25) is 0 Å². The smallest absolute Gasteiger partial charge is 0.167 e. The van der Waals surface area contributed by atoms with Gasteiger partial charge in [0.2, 0.25) is 0 Å². The van der Waals surface area contributed by atoms with Crippen molar-refractivity contribution >= 4 is 17.1 Å². The summed E-state index contributed by atoms with van der Waals surface area (Å²) in [6.07, 6.45) is 0.763. The van der Waals surface area contributed by atoms with Crippen LogP contribution in [0.4, 0.5) is 25.8 Å². The Morgan fingerprint density at radius 1 is 1.10 bits per heavy atom. The third-order valence-electron chi connectivity index (χ3n) is 2.96. The van der Waals surface area contributed by atoms with Crippen LogP contribution in [0.25, 0.3) is 0 Å². The SMILES string of the molecule is CCCOc1cc(Nc2ccc(C)cc2F)c(N)cc1F. The van der Waals surface area contributed by atoms with E-state index in [9.17, 15) is 8.78 Å². The van der Waals surface area contributed by atoms with Gasteiger partial charge in [-0.25, -0.2) is 8.78 Å². The maximum Gasteiger partial charge on any atom is 0.167 e. The van der Waals surface area contributed by atoms with Gasteiger partial charge in [-0.1, -0.05) is 13.0 Å². The van der Waals surface area contributed by atoms with Crippen molar-refractivity contribution in [3.63, 3.8) is 0 Å². The van der Waals surface area contributed by atoms with Gasteiger partial charge in [0.25, 0.3) is 0 Å². The fraction of sp³-hybridized carbons (Fsp3) is 0.250. The Morgan fingerprint density at radius 2 is 1.86 bits per heavy atom. The second-order valence-corrected chi connectivity index (χ2v) is 4.83. The highest BCUT2D eigenvalue weighted by Crippen LogP contribution is 2.31. The first-order chi connectivity index (χ1) is 10.0. The molecular weight excluding hydrogens is 274 g/mol. The summed E-state index contributed by atoms with van der Waals surface area (Å²) >= 11 is 0. The molecule has 2 aromatic carbocycles. The summed E-state index contributed by atoms with van der Waals surface area (Å²) < 4.78 is 32.9. The fourth-order valence-electron chi connectivity index (χ4n) is 1.87. The number of hydrogen-bond donors (Lipinski definition) is 2. The number of benzene rings is 2. The highest BCUT2D eigenvalue weighted by Gasteiger charge is 2.11. The Balaban J connectivity index is 2.30. The predicted molar refractivity (Wildman–Crippen MR) is 81.0 cm³/mol. The second kappa shape index (κ2) is 6.43. The molecule has 0 aliphatic rings. The second-order valence-electron chi connectivity index (χ2n) is 4.83. The molecule has 0 aliphatic carbocycles. The molecule has 0 saturated carbocycles. The largest absolute Gasteiger partial charge is 0.490 e. The molecule has 0 saturated heterocycles. The minimum atomic E-state index is -0.532. The van der Waals surface area contributed by atoms with Gasteiger partial charge in [0.15, 0.2) is 11.6 Å². The summed E-state index contributed by atoms with van der Waals surface area (Å²) in [4.78, 5) is 0. The third-order valence-corrected chi connectivity index (χ3v) is 2.96. The van der Waals surface area contributed by atoms with E-state index in [1.165, 1.54) is 18.2 Å². The van der Waals surface area contributed by atoms with Gasteiger partial charge in [0, 0.05) is 12.1 Å². The lowest BCUT2D eigenvalue weighted by Gasteiger charge is -2.13. The maximum atomic E-state index is 13.8. The van der Waals surface area contributed by atoms with Crippen LogP contribution in [0.15, 0.2) is 30.3 Å². The summed E-state index contributed by atoms with van der Waals surface area (Å²) in [5.41, 5.74) is 7.46. The lowest BCUT2D eigenvalue weighted by atomic mass is 10.2. The molecular formula is C16H18F2N2O. The van der Waals surface area contributed by atoms with Crippen molar-refractivity contribution in [3.05, 3.63) is 47.5 Å². The first kappa shape index (κ1) is 15.1. The van der Waals surface area contributed by atoms with E-state index >= 15 is 0 Å². The zero-order chi connectivity index (χ0) is 15.4. The van der Waals surface area contributed by atoms with E-state index in [1.54, 1.807) is 19.1 Å². The number of nitrogens with two attached hydrogens (primary N) is 1. The lowest BCUT2D eigenvalue weighted by molar-refractivity contribution is 0.301. The highest BCUT2D eigenvalue weighted by atomic mass is 19.1. The number of ether oxygens (including phenoxy) is 1. The van der Waals surface area contributed by atoms with Crippen molar-refractivity contribution in [1.82, 2.24) is 0 Å². The summed E-state index contributed by atoms with van der Waals surface area (Å²) in [5.74, 6) is -0.827. The van der Waals surface area contributed by atoms with Crippen LogP contribution in [-0.2, 0) is 0 Å². The van der Waals surface area contributed by atoms with Crippen molar-refractivity contribution in [2.24, 2.45) is 0 Å². The van der Waals surface area contributed by atoms with Gasteiger partial charge in [-0.05, 0) is 31.0 Å². The molecule has 0 radical (unpaired) electrons. The summed E-state index contributed by atoms with van der Waals surface area (Å²) in [7, 11) is 0. The number of hydrogen-bond acceptors (Lipinski definition) is 3. The van der Waals surface area contributed by atoms with Crippen LogP contribution in [0.3, 0.4) is 0 Å². The molecule has 21 heavy (non-hydrogen) atoms. The zero-order valence-electron chi connectivity index (χ0n) is 12.0. The third kappa shape index (κ3) is 3.62. The molecule has 3 nitrogen and oxygen atoms in total. The topological polar surface area (TPSA) is 47.3 Å². The maximum absolute atomic E-state index is 13.8. The number of nitrogens with one attached hydrogen (secondary N) is 1. The molecule has 3 N–H and O–H groups in total. The number of anilines is 3. The molecule has 112 valence electrons. The van der Waals surface area contributed by atoms with E-state index in [0.29, 0.717) is 12.3 Å². The van der Waals surface area contributed by atoms with Crippen molar-refractivity contribution in [3.8, 4) is 5.75 Å². The van der Waals surface area contributed by atoms with Gasteiger partial charge < -0.3 is 15.8 Å². The first-order valence-corrected chi connectivity index (χ1v) is 6.76. The minimum Gasteiger partial charge on any atom is -0.490 e. The zero-order valence-corrected chi connectivity index (χ0v) is 12.0. The average Bonchev–Trinajstić information content (AvgIpc) is 2.43. The van der Waals surface area contributed by atoms with Crippen molar-refractivity contribution in [1.29, 1.82) is 0 Å². The van der Waals surface area contributed by atoms with Crippen molar-refractivity contribution in [2.75, 3.05) is 17.7 Å². The van der Waals surface area contributed by atoms with Crippen LogP contribution in [0.5, 0.6) is 5.75 Å². The summed E-state index contributed by atoms with van der Waals surface area (Å²) in [5, 5.41) is 2.87. The quantitative estimate of drug-likeness (QED) is 0.804. The summed E-state index contributed by atoms with van der Waals surface area (Å²) in [6.45, 7) is 4.13. The van der Waals surface area contributed by atoms with Gasteiger partial charge in [-0.15, -0.1) is 0 Å². The van der Waals surface area contributed by atoms with Gasteiger partial charge >= 0.3 is 0 Å². The molecule has 0 spiro atoms. The fourth-order valence-corrected chi connectivity index (χ4v) is 1.87. The average molecular weight is 292 g/mol. The monoisotopic (exact) mass is 292 g/mol. The summed E-state index contributed by atoms with van der Waals surface area (Å²) in [6, 6.07) is 7.41. The number of halogens is 2. The normalized spacial score (nSPS) is 10.5. The van der Waals surface area contributed by atoms with Crippen LogP contribution in [0, 0.1) is 18.6 Å². The Labute approximate surface area is 122 Å². The molecule has 0 amide bonds. The molecule has 0 aromatic heterocycles. The molecule has 2 aromatic rings. The standard InChI is InChI=1S/C16H18F2N2O/c1-3-6-21-16-9-15(13(19)8-12(16)18)20-14-5-4-10(2)7-11(14)17/h4-5,7-9,20H,3,6,19H2,1-2H3. The molecule has 0 unspecified atom stereocenters. The molecule has 0 fully saturated rings. The van der Waals surface area contributed by atoms with E-state index in [-0.39, 0.29) is 17.1 Å². The van der Waals surface area contributed by atoms with Crippen molar-refractivity contribution < 1.29 is 13.5 Å². The molecule has 0 heterocycles. The van der Waals surface area contributed by atoms with Crippen LogP contribution < -0.4 is 15.8 Å². The van der Waals surface area contributed by atoms with Crippen molar-refractivity contribution in [2.45, 2.75) is 20.3 Å². The van der Waals surface area contributed by atoms with E-state index < -0.39 is 11.6 Å². The van der Waals surface area contributed by atoms with Gasteiger partial charge in [0.05, 0.1) is 23.7 Å². The lowest BCUT2D eigenvalue weighted by Crippen LogP contribution is -2.03. The molecule has 0 aliphatic heterocycles. The van der Waals surface area contributed by atoms with E-state index in [4.69, 9.17) is 10.5 Å². The number of aryl methyl sites for hydroxylation is 1. The van der Waals surface area contributed by atoms with Gasteiger partial charge in [0.1, 0.15) is 5.82 Å². The Hall–Kier alpha value is -2.30. The Bertz CT molecular complexity index is 644. The predicted octanol–water partition coefficient (Wildman–Crippen LogP) is 4.39. The van der Waals surface area contributed by atoms with Crippen LogP contribution in [0.1, 0.15) is 18.9 Å². The van der Waals surface area contributed by atoms with E-state index in [2.05, 4.69) is 5.32 Å². The van der Waals surface area contributed by atoms with Gasteiger partial charge in [-0.2, -0.15) is 0 Å². The molecule has 5 heteroatoms. The minimum absolute atomic E-state index is 0.0982.